The van der Waals surface area contributed by atoms with E-state index in [-0.39, 0.29) is 5.56 Å². The Morgan fingerprint density at radius 3 is 2.20 bits per heavy atom. The second-order valence-electron chi connectivity index (χ2n) is 3.79. The molecule has 0 heterocycles. The molecule has 0 aliphatic heterocycles. The summed E-state index contributed by atoms with van der Waals surface area (Å²) in [6.45, 7) is 5.30. The highest BCUT2D eigenvalue weighted by Gasteiger charge is 2.31. The molecular weight excluding hydrogens is 201 g/mol. The molecule has 1 rings (SSSR count). The van der Waals surface area contributed by atoms with Gasteiger partial charge in [0.2, 0.25) is 0 Å². The Morgan fingerprint density at radius 1 is 1.20 bits per heavy atom. The van der Waals surface area contributed by atoms with E-state index in [9.17, 15) is 13.2 Å². The van der Waals surface area contributed by atoms with Crippen LogP contribution in [0.5, 0.6) is 0 Å². The van der Waals surface area contributed by atoms with E-state index in [4.69, 9.17) is 0 Å². The molecule has 3 heteroatoms. The zero-order valence-corrected chi connectivity index (χ0v) is 8.94. The molecule has 0 radical (unpaired) electrons. The summed E-state index contributed by atoms with van der Waals surface area (Å²) < 4.78 is 37.3. The van der Waals surface area contributed by atoms with Gasteiger partial charge in [0, 0.05) is 0 Å². The van der Waals surface area contributed by atoms with E-state index in [0.717, 1.165) is 17.2 Å². The molecular formula is C12H13F3. The van der Waals surface area contributed by atoms with Crippen LogP contribution in [0.1, 0.15) is 30.5 Å². The van der Waals surface area contributed by atoms with Crippen molar-refractivity contribution in [1.29, 1.82) is 0 Å². The Labute approximate surface area is 87.4 Å². The van der Waals surface area contributed by atoms with Gasteiger partial charge in [-0.15, -0.1) is 0 Å². The smallest absolute Gasteiger partial charge is 0.166 e. The summed E-state index contributed by atoms with van der Waals surface area (Å²) in [5, 5.41) is 0. The summed E-state index contributed by atoms with van der Waals surface area (Å²) in [4.78, 5) is 0. The maximum Gasteiger partial charge on any atom is 0.416 e. The molecule has 0 nitrogen and oxygen atoms in total. The van der Waals surface area contributed by atoms with Crippen LogP contribution in [0.4, 0.5) is 13.2 Å². The summed E-state index contributed by atoms with van der Waals surface area (Å²) >= 11 is 0. The molecule has 0 saturated carbocycles. The van der Waals surface area contributed by atoms with Gasteiger partial charge in [-0.25, -0.2) is 0 Å². The second kappa shape index (κ2) is 4.09. The topological polar surface area (TPSA) is 0 Å². The third-order valence-electron chi connectivity index (χ3n) is 2.01. The fourth-order valence-electron chi connectivity index (χ4n) is 1.43. The molecule has 1 aromatic carbocycles. The highest BCUT2D eigenvalue weighted by atomic mass is 19.4. The minimum absolute atomic E-state index is 0.262. The number of hydrogen-bond acceptors (Lipinski definition) is 0. The predicted octanol–water partition coefficient (Wildman–Crippen LogP) is 4.44. The molecule has 82 valence electrons. The van der Waals surface area contributed by atoms with Crippen molar-refractivity contribution in [2.45, 2.75) is 26.9 Å². The first-order chi connectivity index (χ1) is 6.80. The lowest BCUT2D eigenvalue weighted by molar-refractivity contribution is -0.138. The number of hydrogen-bond donors (Lipinski definition) is 0. The maximum absolute atomic E-state index is 12.4. The van der Waals surface area contributed by atoms with E-state index < -0.39 is 11.7 Å². The van der Waals surface area contributed by atoms with Crippen molar-refractivity contribution in [3.63, 3.8) is 0 Å². The summed E-state index contributed by atoms with van der Waals surface area (Å²) in [5.41, 5.74) is 1.57. The molecule has 0 aliphatic carbocycles. The Bertz CT molecular complexity index is 382. The number of benzene rings is 1. The quantitative estimate of drug-likeness (QED) is 0.648. The molecule has 0 amide bonds. The number of alkyl halides is 3. The van der Waals surface area contributed by atoms with Crippen molar-refractivity contribution in [3.8, 4) is 0 Å². The van der Waals surface area contributed by atoms with Crippen LogP contribution in [0, 0.1) is 6.92 Å². The first-order valence-electron chi connectivity index (χ1n) is 4.63. The Hall–Kier alpha value is -1.25. The van der Waals surface area contributed by atoms with Crippen LogP contribution in [0.3, 0.4) is 0 Å². The number of rotatable bonds is 1. The SMILES string of the molecule is CC(C)=Cc1ccc(C(F)(F)F)c(C)c1. The average molecular weight is 214 g/mol. The van der Waals surface area contributed by atoms with E-state index in [1.807, 2.05) is 19.9 Å². The van der Waals surface area contributed by atoms with Gasteiger partial charge in [0.05, 0.1) is 5.56 Å². The zero-order valence-electron chi connectivity index (χ0n) is 8.94. The third kappa shape index (κ3) is 3.11. The molecule has 0 atom stereocenters. The zero-order chi connectivity index (χ0) is 11.6. The summed E-state index contributed by atoms with van der Waals surface area (Å²) in [6.07, 6.45) is -2.40. The van der Waals surface area contributed by atoms with Gasteiger partial charge >= 0.3 is 6.18 Å². The minimum Gasteiger partial charge on any atom is -0.166 e. The van der Waals surface area contributed by atoms with Gasteiger partial charge in [0.15, 0.2) is 0 Å². The molecule has 0 fully saturated rings. The standard InChI is InChI=1S/C12H13F3/c1-8(2)6-10-4-5-11(9(3)7-10)12(13,14)15/h4-7H,1-3H3. The largest absolute Gasteiger partial charge is 0.416 e. The Balaban J connectivity index is 3.15. The van der Waals surface area contributed by atoms with Gasteiger partial charge in [-0.3, -0.25) is 0 Å². The van der Waals surface area contributed by atoms with Crippen LogP contribution in [0.25, 0.3) is 6.08 Å². The maximum atomic E-state index is 12.4. The lowest BCUT2D eigenvalue weighted by atomic mass is 10.0. The summed E-state index contributed by atoms with van der Waals surface area (Å²) in [5.74, 6) is 0. The molecule has 1 aromatic rings. The lowest BCUT2D eigenvalue weighted by Gasteiger charge is -2.10. The molecule has 0 bridgehead atoms. The summed E-state index contributed by atoms with van der Waals surface area (Å²) in [6, 6.07) is 4.17. The molecule has 0 aliphatic rings. The fraction of sp³-hybridized carbons (Fsp3) is 0.333. The predicted molar refractivity (Wildman–Crippen MR) is 55.5 cm³/mol. The van der Waals surface area contributed by atoms with Crippen LogP contribution in [0.2, 0.25) is 0 Å². The van der Waals surface area contributed by atoms with Gasteiger partial charge in [-0.2, -0.15) is 13.2 Å². The summed E-state index contributed by atoms with van der Waals surface area (Å²) in [7, 11) is 0. The van der Waals surface area contributed by atoms with E-state index in [0.29, 0.717) is 0 Å². The first-order valence-corrected chi connectivity index (χ1v) is 4.63. The van der Waals surface area contributed by atoms with Crippen molar-refractivity contribution in [2.24, 2.45) is 0 Å². The van der Waals surface area contributed by atoms with Gasteiger partial charge in [0.25, 0.3) is 0 Å². The van der Waals surface area contributed by atoms with Crippen molar-refractivity contribution in [3.05, 3.63) is 40.5 Å². The van der Waals surface area contributed by atoms with E-state index in [1.54, 1.807) is 6.07 Å². The van der Waals surface area contributed by atoms with Crippen LogP contribution >= 0.6 is 0 Å². The molecule has 15 heavy (non-hydrogen) atoms. The highest BCUT2D eigenvalue weighted by molar-refractivity contribution is 5.54. The number of aryl methyl sites for hydroxylation is 1. The van der Waals surface area contributed by atoms with E-state index in [1.165, 1.54) is 13.0 Å². The van der Waals surface area contributed by atoms with Crippen LogP contribution < -0.4 is 0 Å². The molecule has 0 unspecified atom stereocenters. The monoisotopic (exact) mass is 214 g/mol. The first kappa shape index (κ1) is 11.8. The van der Waals surface area contributed by atoms with Gasteiger partial charge in [-0.1, -0.05) is 23.8 Å². The molecule has 0 aromatic heterocycles. The lowest BCUT2D eigenvalue weighted by Crippen LogP contribution is -2.07. The molecule has 0 N–H and O–H groups in total. The molecule has 0 saturated heterocycles. The van der Waals surface area contributed by atoms with Gasteiger partial charge < -0.3 is 0 Å². The minimum atomic E-state index is -4.26. The molecule has 0 spiro atoms. The third-order valence-corrected chi connectivity index (χ3v) is 2.01. The number of allylic oxidation sites excluding steroid dienone is 1. The van der Waals surface area contributed by atoms with Crippen LogP contribution in [-0.4, -0.2) is 0 Å². The average Bonchev–Trinajstić information content (AvgIpc) is 1.99. The van der Waals surface area contributed by atoms with Crippen molar-refractivity contribution < 1.29 is 13.2 Å². The van der Waals surface area contributed by atoms with E-state index >= 15 is 0 Å². The van der Waals surface area contributed by atoms with Gasteiger partial charge in [0.1, 0.15) is 0 Å². The van der Waals surface area contributed by atoms with Crippen LogP contribution in [-0.2, 0) is 6.18 Å². The van der Waals surface area contributed by atoms with Crippen molar-refractivity contribution >= 4 is 6.08 Å². The fourth-order valence-corrected chi connectivity index (χ4v) is 1.43. The van der Waals surface area contributed by atoms with Crippen molar-refractivity contribution in [1.82, 2.24) is 0 Å². The number of halogens is 3. The Kier molecular flexibility index (Phi) is 3.22. The normalized spacial score (nSPS) is 11.3. The van der Waals surface area contributed by atoms with E-state index in [2.05, 4.69) is 0 Å². The van der Waals surface area contributed by atoms with Crippen molar-refractivity contribution in [2.75, 3.05) is 0 Å². The Morgan fingerprint density at radius 2 is 1.80 bits per heavy atom. The highest BCUT2D eigenvalue weighted by Crippen LogP contribution is 2.32. The second-order valence-corrected chi connectivity index (χ2v) is 3.79. The van der Waals surface area contributed by atoms with Gasteiger partial charge in [-0.05, 0) is 38.0 Å². The van der Waals surface area contributed by atoms with Crippen LogP contribution in [0.15, 0.2) is 23.8 Å².